The van der Waals surface area contributed by atoms with Crippen LogP contribution in [0.3, 0.4) is 0 Å². The van der Waals surface area contributed by atoms with Crippen LogP contribution in [0.25, 0.3) is 0 Å². The predicted molar refractivity (Wildman–Crippen MR) is 126 cm³/mol. The van der Waals surface area contributed by atoms with Crippen LogP contribution >= 0.6 is 0 Å². The molecular formula is C26H37N3O. The van der Waals surface area contributed by atoms with Crippen LogP contribution in [0, 0.1) is 19.8 Å². The summed E-state index contributed by atoms with van der Waals surface area (Å²) in [6.45, 7) is 12.7. The number of nitrogens with zero attached hydrogens (tertiary/aromatic N) is 2. The summed E-state index contributed by atoms with van der Waals surface area (Å²) in [7, 11) is 0. The van der Waals surface area contributed by atoms with E-state index in [1.807, 2.05) is 29.2 Å². The van der Waals surface area contributed by atoms with E-state index >= 15 is 0 Å². The first-order valence-corrected chi connectivity index (χ1v) is 11.3. The summed E-state index contributed by atoms with van der Waals surface area (Å²) in [5.74, 6) is 0.737. The highest BCUT2D eigenvalue weighted by Crippen LogP contribution is 2.22. The smallest absolute Gasteiger partial charge is 0.317 e. The molecule has 0 atom stereocenters. The highest BCUT2D eigenvalue weighted by molar-refractivity contribution is 5.89. The molecule has 1 saturated heterocycles. The van der Waals surface area contributed by atoms with Gasteiger partial charge in [0.05, 0.1) is 0 Å². The number of carbonyl (C=O) groups is 1. The van der Waals surface area contributed by atoms with Crippen LogP contribution in [0.15, 0.2) is 48.5 Å². The Morgan fingerprint density at radius 1 is 1.00 bits per heavy atom. The third-order valence-electron chi connectivity index (χ3n) is 6.06. The molecule has 4 heteroatoms. The standard InChI is InChI=1S/C26H37N3O/c1-20(2)13-16-28-17-14-25(15-18-28)29(19-23-9-5-21(3)6-10-23)26(30)27-24-11-7-22(4)8-12-24/h5-12,20,25H,13-19H2,1-4H3,(H,27,30). The van der Waals surface area contributed by atoms with Gasteiger partial charge in [0.1, 0.15) is 0 Å². The Kier molecular flexibility index (Phi) is 7.92. The minimum atomic E-state index is 0.0000541. The van der Waals surface area contributed by atoms with Crippen molar-refractivity contribution in [3.05, 3.63) is 65.2 Å². The molecular weight excluding hydrogens is 370 g/mol. The maximum atomic E-state index is 13.3. The molecule has 1 heterocycles. The van der Waals surface area contributed by atoms with Crippen LogP contribution < -0.4 is 5.32 Å². The molecule has 1 aliphatic rings. The molecule has 3 rings (SSSR count). The van der Waals surface area contributed by atoms with Gasteiger partial charge < -0.3 is 15.1 Å². The second kappa shape index (κ2) is 10.6. The fourth-order valence-electron chi connectivity index (χ4n) is 3.98. The number of piperidine rings is 1. The van der Waals surface area contributed by atoms with Crippen molar-refractivity contribution in [2.75, 3.05) is 25.0 Å². The van der Waals surface area contributed by atoms with E-state index in [0.29, 0.717) is 6.54 Å². The van der Waals surface area contributed by atoms with Gasteiger partial charge in [0.2, 0.25) is 0 Å². The fourth-order valence-corrected chi connectivity index (χ4v) is 3.98. The molecule has 0 radical (unpaired) electrons. The highest BCUT2D eigenvalue weighted by atomic mass is 16.2. The van der Waals surface area contributed by atoms with Gasteiger partial charge in [0.25, 0.3) is 0 Å². The fraction of sp³-hybridized carbons (Fsp3) is 0.500. The lowest BCUT2D eigenvalue weighted by Gasteiger charge is -2.39. The number of urea groups is 1. The van der Waals surface area contributed by atoms with E-state index in [9.17, 15) is 4.79 Å². The molecule has 30 heavy (non-hydrogen) atoms. The molecule has 2 aromatic carbocycles. The first kappa shape index (κ1) is 22.4. The maximum absolute atomic E-state index is 13.3. The number of hydrogen-bond donors (Lipinski definition) is 1. The third kappa shape index (κ3) is 6.60. The van der Waals surface area contributed by atoms with Crippen molar-refractivity contribution in [3.63, 3.8) is 0 Å². The van der Waals surface area contributed by atoms with Crippen LogP contribution in [-0.2, 0) is 6.54 Å². The summed E-state index contributed by atoms with van der Waals surface area (Å²) in [5.41, 5.74) is 4.47. The second-order valence-electron chi connectivity index (χ2n) is 9.17. The minimum absolute atomic E-state index is 0.0000541. The number of benzene rings is 2. The third-order valence-corrected chi connectivity index (χ3v) is 6.06. The Hall–Kier alpha value is -2.33. The zero-order valence-electron chi connectivity index (χ0n) is 19.0. The monoisotopic (exact) mass is 407 g/mol. The SMILES string of the molecule is Cc1ccc(CN(C(=O)Nc2ccc(C)cc2)C2CCN(CCC(C)C)CC2)cc1. The van der Waals surface area contributed by atoms with Crippen LogP contribution in [-0.4, -0.2) is 41.5 Å². The van der Waals surface area contributed by atoms with E-state index in [1.165, 1.54) is 23.1 Å². The number of rotatable bonds is 7. The van der Waals surface area contributed by atoms with Gasteiger partial charge in [-0.2, -0.15) is 0 Å². The molecule has 1 aliphatic heterocycles. The van der Waals surface area contributed by atoms with Crippen LogP contribution in [0.4, 0.5) is 10.5 Å². The molecule has 1 fully saturated rings. The number of amides is 2. The molecule has 0 spiro atoms. The Morgan fingerprint density at radius 3 is 2.13 bits per heavy atom. The molecule has 162 valence electrons. The van der Waals surface area contributed by atoms with Gasteiger partial charge in [-0.05, 0) is 63.3 Å². The number of carbonyl (C=O) groups excluding carboxylic acids is 1. The van der Waals surface area contributed by atoms with E-state index in [0.717, 1.165) is 44.1 Å². The first-order valence-electron chi connectivity index (χ1n) is 11.3. The Bertz CT molecular complexity index is 790. The zero-order valence-corrected chi connectivity index (χ0v) is 19.0. The molecule has 0 bridgehead atoms. The topological polar surface area (TPSA) is 35.6 Å². The van der Waals surface area contributed by atoms with E-state index in [4.69, 9.17) is 0 Å². The van der Waals surface area contributed by atoms with Gasteiger partial charge in [0.15, 0.2) is 0 Å². The van der Waals surface area contributed by atoms with Gasteiger partial charge in [-0.15, -0.1) is 0 Å². The van der Waals surface area contributed by atoms with Crippen LogP contribution in [0.2, 0.25) is 0 Å². The lowest BCUT2D eigenvalue weighted by molar-refractivity contribution is 0.120. The quantitative estimate of drug-likeness (QED) is 0.625. The minimum Gasteiger partial charge on any atom is -0.317 e. The van der Waals surface area contributed by atoms with Gasteiger partial charge in [0, 0.05) is 31.4 Å². The molecule has 2 amide bonds. The largest absolute Gasteiger partial charge is 0.322 e. The average molecular weight is 408 g/mol. The van der Waals surface area contributed by atoms with Crippen molar-refractivity contribution in [3.8, 4) is 0 Å². The van der Waals surface area contributed by atoms with Crippen LogP contribution in [0.1, 0.15) is 49.8 Å². The second-order valence-corrected chi connectivity index (χ2v) is 9.17. The number of anilines is 1. The van der Waals surface area contributed by atoms with Crippen LogP contribution in [0.5, 0.6) is 0 Å². The molecule has 2 aromatic rings. The summed E-state index contributed by atoms with van der Waals surface area (Å²) in [6.07, 6.45) is 3.31. The average Bonchev–Trinajstić information content (AvgIpc) is 2.74. The number of hydrogen-bond acceptors (Lipinski definition) is 2. The molecule has 0 aliphatic carbocycles. The zero-order chi connectivity index (χ0) is 21.5. The lowest BCUT2D eigenvalue weighted by Crippen LogP contribution is -2.48. The van der Waals surface area contributed by atoms with E-state index in [1.54, 1.807) is 0 Å². The van der Waals surface area contributed by atoms with Crippen molar-refractivity contribution < 1.29 is 4.79 Å². The molecule has 1 N–H and O–H groups in total. The van der Waals surface area contributed by atoms with Gasteiger partial charge in [-0.3, -0.25) is 0 Å². The van der Waals surface area contributed by atoms with Gasteiger partial charge in [-0.25, -0.2) is 4.79 Å². The van der Waals surface area contributed by atoms with Crippen molar-refractivity contribution in [2.24, 2.45) is 5.92 Å². The number of aryl methyl sites for hydroxylation is 2. The summed E-state index contributed by atoms with van der Waals surface area (Å²) in [5, 5.41) is 3.12. The van der Waals surface area contributed by atoms with Crippen molar-refractivity contribution in [2.45, 2.75) is 59.5 Å². The molecule has 0 unspecified atom stereocenters. The highest BCUT2D eigenvalue weighted by Gasteiger charge is 2.28. The summed E-state index contributed by atoms with van der Waals surface area (Å²) in [6, 6.07) is 16.8. The normalized spacial score (nSPS) is 15.4. The van der Waals surface area contributed by atoms with E-state index in [2.05, 4.69) is 62.2 Å². The number of nitrogens with one attached hydrogen (secondary N) is 1. The number of likely N-dealkylation sites (tertiary alicyclic amines) is 1. The molecule has 4 nitrogen and oxygen atoms in total. The summed E-state index contributed by atoms with van der Waals surface area (Å²) < 4.78 is 0. The van der Waals surface area contributed by atoms with E-state index < -0.39 is 0 Å². The predicted octanol–water partition coefficient (Wildman–Crippen LogP) is 5.85. The Morgan fingerprint density at radius 2 is 1.57 bits per heavy atom. The Balaban J connectivity index is 1.68. The summed E-state index contributed by atoms with van der Waals surface area (Å²) in [4.78, 5) is 17.9. The maximum Gasteiger partial charge on any atom is 0.322 e. The lowest BCUT2D eigenvalue weighted by atomic mass is 10.0. The van der Waals surface area contributed by atoms with Gasteiger partial charge >= 0.3 is 6.03 Å². The van der Waals surface area contributed by atoms with Crippen molar-refractivity contribution >= 4 is 11.7 Å². The molecule has 0 aromatic heterocycles. The van der Waals surface area contributed by atoms with Gasteiger partial charge in [-0.1, -0.05) is 61.4 Å². The Labute approximate surface area is 182 Å². The summed E-state index contributed by atoms with van der Waals surface area (Å²) >= 11 is 0. The van der Waals surface area contributed by atoms with E-state index in [-0.39, 0.29) is 12.1 Å². The van der Waals surface area contributed by atoms with Crippen molar-refractivity contribution in [1.29, 1.82) is 0 Å². The van der Waals surface area contributed by atoms with Crippen molar-refractivity contribution in [1.82, 2.24) is 9.80 Å². The molecule has 0 saturated carbocycles. The first-order chi connectivity index (χ1) is 14.4.